The van der Waals surface area contributed by atoms with Gasteiger partial charge < -0.3 is 15.1 Å². The molecule has 0 bridgehead atoms. The van der Waals surface area contributed by atoms with Crippen molar-refractivity contribution < 1.29 is 9.59 Å². The van der Waals surface area contributed by atoms with Crippen molar-refractivity contribution in [3.63, 3.8) is 0 Å². The van der Waals surface area contributed by atoms with Crippen molar-refractivity contribution >= 4 is 11.8 Å². The van der Waals surface area contributed by atoms with Gasteiger partial charge in [0.1, 0.15) is 0 Å². The smallest absolute Gasteiger partial charge is 0.227 e. The predicted octanol–water partition coefficient (Wildman–Crippen LogP) is 1.09. The highest BCUT2D eigenvalue weighted by molar-refractivity contribution is 5.84. The normalized spacial score (nSPS) is 26.8. The van der Waals surface area contributed by atoms with Gasteiger partial charge in [0, 0.05) is 38.1 Å². The van der Waals surface area contributed by atoms with Crippen LogP contribution in [-0.4, -0.2) is 60.9 Å². The standard InChI is InChI=1S/C16H29N3O2/c1-16(2,3)15(21)19-9-5-6-12(11-19)14(20)18(4)13-7-8-17-10-13/h12-13,17H,5-11H2,1-4H3. The number of piperidine rings is 1. The van der Waals surface area contributed by atoms with Crippen molar-refractivity contribution in [2.24, 2.45) is 11.3 Å². The molecule has 0 aromatic rings. The number of hydrogen-bond acceptors (Lipinski definition) is 3. The Morgan fingerprint density at radius 3 is 2.52 bits per heavy atom. The molecule has 0 spiro atoms. The lowest BCUT2D eigenvalue weighted by atomic mass is 9.90. The van der Waals surface area contributed by atoms with Crippen LogP contribution in [0.5, 0.6) is 0 Å². The molecule has 2 heterocycles. The third-order valence-electron chi connectivity index (χ3n) is 4.63. The maximum Gasteiger partial charge on any atom is 0.227 e. The van der Waals surface area contributed by atoms with E-state index in [0.29, 0.717) is 12.6 Å². The summed E-state index contributed by atoms with van der Waals surface area (Å²) < 4.78 is 0. The summed E-state index contributed by atoms with van der Waals surface area (Å²) in [5.74, 6) is 0.330. The molecule has 0 aromatic heterocycles. The minimum atomic E-state index is -0.369. The van der Waals surface area contributed by atoms with Gasteiger partial charge in [-0.1, -0.05) is 20.8 Å². The second kappa shape index (κ2) is 6.34. The van der Waals surface area contributed by atoms with Gasteiger partial charge in [0.25, 0.3) is 0 Å². The first-order chi connectivity index (χ1) is 9.80. The van der Waals surface area contributed by atoms with Crippen molar-refractivity contribution in [3.05, 3.63) is 0 Å². The Hall–Kier alpha value is -1.10. The third-order valence-corrected chi connectivity index (χ3v) is 4.63. The number of nitrogens with one attached hydrogen (secondary N) is 1. The van der Waals surface area contributed by atoms with Gasteiger partial charge in [-0.2, -0.15) is 0 Å². The molecule has 0 aliphatic carbocycles. The molecule has 0 aromatic carbocycles. The lowest BCUT2D eigenvalue weighted by Crippen LogP contribution is -2.50. The maximum absolute atomic E-state index is 12.7. The first kappa shape index (κ1) is 16.3. The zero-order chi connectivity index (χ0) is 15.6. The van der Waals surface area contributed by atoms with E-state index < -0.39 is 0 Å². The summed E-state index contributed by atoms with van der Waals surface area (Å²) in [5.41, 5.74) is -0.369. The van der Waals surface area contributed by atoms with Gasteiger partial charge in [-0.15, -0.1) is 0 Å². The van der Waals surface area contributed by atoms with E-state index in [-0.39, 0.29) is 23.1 Å². The quantitative estimate of drug-likeness (QED) is 0.830. The summed E-state index contributed by atoms with van der Waals surface area (Å²) in [7, 11) is 1.91. The van der Waals surface area contributed by atoms with Crippen LogP contribution >= 0.6 is 0 Å². The van der Waals surface area contributed by atoms with Crippen LogP contribution < -0.4 is 5.32 Å². The van der Waals surface area contributed by atoms with Crippen LogP contribution in [0.4, 0.5) is 0 Å². The van der Waals surface area contributed by atoms with Crippen molar-refractivity contribution in [2.75, 3.05) is 33.2 Å². The maximum atomic E-state index is 12.7. The fourth-order valence-corrected chi connectivity index (χ4v) is 3.28. The Bertz CT molecular complexity index is 397. The fourth-order valence-electron chi connectivity index (χ4n) is 3.28. The summed E-state index contributed by atoms with van der Waals surface area (Å²) >= 11 is 0. The first-order valence-electron chi connectivity index (χ1n) is 8.07. The molecule has 2 aliphatic heterocycles. The van der Waals surface area contributed by atoms with E-state index in [4.69, 9.17) is 0 Å². The number of hydrogen-bond donors (Lipinski definition) is 1. The van der Waals surface area contributed by atoms with Crippen LogP contribution in [0.25, 0.3) is 0 Å². The summed E-state index contributed by atoms with van der Waals surface area (Å²) in [6.07, 6.45) is 2.85. The van der Waals surface area contributed by atoms with Gasteiger partial charge in [-0.05, 0) is 25.8 Å². The van der Waals surface area contributed by atoms with Crippen LogP contribution in [0, 0.1) is 11.3 Å². The molecule has 5 heteroatoms. The van der Waals surface area contributed by atoms with Gasteiger partial charge in [-0.3, -0.25) is 9.59 Å². The number of likely N-dealkylation sites (tertiary alicyclic amines) is 1. The number of carbonyl (C=O) groups excluding carboxylic acids is 2. The highest BCUT2D eigenvalue weighted by Gasteiger charge is 2.35. The number of amides is 2. The predicted molar refractivity (Wildman–Crippen MR) is 82.8 cm³/mol. The average Bonchev–Trinajstić information content (AvgIpc) is 2.98. The molecule has 0 saturated carbocycles. The van der Waals surface area contributed by atoms with E-state index in [1.54, 1.807) is 0 Å². The molecule has 2 atom stereocenters. The molecule has 2 aliphatic rings. The lowest BCUT2D eigenvalue weighted by Gasteiger charge is -2.38. The minimum absolute atomic E-state index is 0.0318. The van der Waals surface area contributed by atoms with Crippen LogP contribution in [0.3, 0.4) is 0 Å². The number of rotatable bonds is 2. The molecule has 21 heavy (non-hydrogen) atoms. The largest absolute Gasteiger partial charge is 0.341 e. The van der Waals surface area contributed by atoms with Gasteiger partial charge >= 0.3 is 0 Å². The fraction of sp³-hybridized carbons (Fsp3) is 0.875. The molecule has 0 radical (unpaired) electrons. The Labute approximate surface area is 128 Å². The molecule has 2 saturated heterocycles. The third kappa shape index (κ3) is 3.76. The molecule has 2 rings (SSSR count). The molecule has 5 nitrogen and oxygen atoms in total. The van der Waals surface area contributed by atoms with Crippen LogP contribution in [-0.2, 0) is 9.59 Å². The highest BCUT2D eigenvalue weighted by Crippen LogP contribution is 2.25. The second-order valence-electron chi connectivity index (χ2n) is 7.44. The van der Waals surface area contributed by atoms with Crippen LogP contribution in [0.2, 0.25) is 0 Å². The Kier molecular flexibility index (Phi) is 4.91. The molecular formula is C16H29N3O2. The first-order valence-corrected chi connectivity index (χ1v) is 8.07. The summed E-state index contributed by atoms with van der Waals surface area (Å²) in [6, 6.07) is 0.311. The van der Waals surface area contributed by atoms with E-state index >= 15 is 0 Å². The average molecular weight is 295 g/mol. The SMILES string of the molecule is CN(C(=O)C1CCCN(C(=O)C(C)(C)C)C1)C1CCNC1. The summed E-state index contributed by atoms with van der Waals surface area (Å²) in [4.78, 5) is 28.8. The van der Waals surface area contributed by atoms with Crippen LogP contribution in [0.1, 0.15) is 40.0 Å². The lowest BCUT2D eigenvalue weighted by molar-refractivity contribution is -0.145. The Balaban J connectivity index is 1.97. The van der Waals surface area contributed by atoms with Gasteiger partial charge in [0.05, 0.1) is 5.92 Å². The van der Waals surface area contributed by atoms with E-state index in [1.165, 1.54) is 0 Å². The second-order valence-corrected chi connectivity index (χ2v) is 7.44. The van der Waals surface area contributed by atoms with Gasteiger partial charge in [0.2, 0.25) is 11.8 Å². The van der Waals surface area contributed by atoms with E-state index in [1.807, 2.05) is 37.6 Å². The monoisotopic (exact) mass is 295 g/mol. The number of likely N-dealkylation sites (N-methyl/N-ethyl adjacent to an activating group) is 1. The van der Waals surface area contributed by atoms with E-state index in [2.05, 4.69) is 5.32 Å². The van der Waals surface area contributed by atoms with Crippen molar-refractivity contribution in [2.45, 2.75) is 46.1 Å². The Morgan fingerprint density at radius 1 is 1.24 bits per heavy atom. The highest BCUT2D eigenvalue weighted by atomic mass is 16.2. The summed E-state index contributed by atoms with van der Waals surface area (Å²) in [6.45, 7) is 9.07. The van der Waals surface area contributed by atoms with Crippen molar-refractivity contribution in [1.29, 1.82) is 0 Å². The van der Waals surface area contributed by atoms with Gasteiger partial charge in [0.15, 0.2) is 0 Å². The van der Waals surface area contributed by atoms with Gasteiger partial charge in [-0.25, -0.2) is 0 Å². The van der Waals surface area contributed by atoms with E-state index in [9.17, 15) is 9.59 Å². The van der Waals surface area contributed by atoms with E-state index in [0.717, 1.165) is 38.9 Å². The molecule has 2 fully saturated rings. The zero-order valence-corrected chi connectivity index (χ0v) is 13.8. The molecule has 120 valence electrons. The molecule has 1 N–H and O–H groups in total. The Morgan fingerprint density at radius 2 is 1.95 bits per heavy atom. The van der Waals surface area contributed by atoms with Crippen molar-refractivity contribution in [1.82, 2.24) is 15.1 Å². The molecule has 2 amide bonds. The molecule has 2 unspecified atom stereocenters. The topological polar surface area (TPSA) is 52.7 Å². The summed E-state index contributed by atoms with van der Waals surface area (Å²) in [5, 5.41) is 3.30. The number of nitrogens with zero attached hydrogens (tertiary/aromatic N) is 2. The minimum Gasteiger partial charge on any atom is -0.341 e. The number of carbonyl (C=O) groups is 2. The zero-order valence-electron chi connectivity index (χ0n) is 13.8. The van der Waals surface area contributed by atoms with Crippen molar-refractivity contribution in [3.8, 4) is 0 Å². The van der Waals surface area contributed by atoms with Crippen LogP contribution in [0.15, 0.2) is 0 Å². The molecular weight excluding hydrogens is 266 g/mol.